The van der Waals surface area contributed by atoms with E-state index in [0.29, 0.717) is 17.8 Å². The maximum atomic E-state index is 12.4. The van der Waals surface area contributed by atoms with Gasteiger partial charge in [-0.3, -0.25) is 9.59 Å². The van der Waals surface area contributed by atoms with E-state index >= 15 is 0 Å². The van der Waals surface area contributed by atoms with Crippen LogP contribution in [-0.2, 0) is 35.7 Å². The molecular formula is C29H26N2O6S2. The number of rotatable bonds is 10. The molecule has 0 unspecified atom stereocenters. The lowest BCUT2D eigenvalue weighted by molar-refractivity contribution is -0.114. The molecule has 0 saturated heterocycles. The van der Waals surface area contributed by atoms with Gasteiger partial charge >= 0.3 is 0 Å². The van der Waals surface area contributed by atoms with Gasteiger partial charge in [0.25, 0.3) is 0 Å². The molecule has 0 radical (unpaired) electrons. The van der Waals surface area contributed by atoms with Crippen LogP contribution in [0.15, 0.2) is 119 Å². The summed E-state index contributed by atoms with van der Waals surface area (Å²) in [6.07, 6.45) is 0.577. The van der Waals surface area contributed by atoms with Crippen LogP contribution in [0.25, 0.3) is 0 Å². The van der Waals surface area contributed by atoms with Crippen molar-refractivity contribution in [2.24, 2.45) is 0 Å². The van der Waals surface area contributed by atoms with Crippen LogP contribution >= 0.6 is 0 Å². The molecule has 0 bridgehead atoms. The van der Waals surface area contributed by atoms with E-state index < -0.39 is 43.0 Å². The smallest absolute Gasteiger partial charge is 0.239 e. The third kappa shape index (κ3) is 7.86. The van der Waals surface area contributed by atoms with Crippen LogP contribution in [0.4, 0.5) is 11.4 Å². The minimum absolute atomic E-state index is 0.0956. The minimum Gasteiger partial charge on any atom is -0.325 e. The van der Waals surface area contributed by atoms with E-state index in [-0.39, 0.29) is 9.79 Å². The second-order valence-electron chi connectivity index (χ2n) is 8.81. The first-order valence-electron chi connectivity index (χ1n) is 11.9. The maximum Gasteiger partial charge on any atom is 0.239 e. The van der Waals surface area contributed by atoms with Gasteiger partial charge < -0.3 is 10.6 Å². The number of benzene rings is 4. The summed E-state index contributed by atoms with van der Waals surface area (Å²) in [7, 11) is -7.46. The Morgan fingerprint density at radius 2 is 0.821 bits per heavy atom. The number of carbonyl (C=O) groups excluding carboxylic acids is 2. The van der Waals surface area contributed by atoms with E-state index in [1.54, 1.807) is 60.7 Å². The van der Waals surface area contributed by atoms with Crippen molar-refractivity contribution >= 4 is 42.9 Å². The average molecular weight is 563 g/mol. The molecule has 200 valence electrons. The monoisotopic (exact) mass is 562 g/mol. The van der Waals surface area contributed by atoms with Crippen molar-refractivity contribution in [2.45, 2.75) is 16.2 Å². The first-order chi connectivity index (χ1) is 18.6. The van der Waals surface area contributed by atoms with Gasteiger partial charge in [0, 0.05) is 11.4 Å². The molecule has 0 aliphatic heterocycles. The summed E-state index contributed by atoms with van der Waals surface area (Å²) >= 11 is 0. The van der Waals surface area contributed by atoms with Crippen molar-refractivity contribution in [3.8, 4) is 0 Å². The van der Waals surface area contributed by atoms with Gasteiger partial charge in [-0.15, -0.1) is 0 Å². The zero-order valence-electron chi connectivity index (χ0n) is 20.8. The highest BCUT2D eigenvalue weighted by Crippen LogP contribution is 2.18. The Morgan fingerprint density at radius 1 is 0.487 bits per heavy atom. The fourth-order valence-corrected chi connectivity index (χ4v) is 6.12. The van der Waals surface area contributed by atoms with Crippen molar-refractivity contribution in [2.75, 3.05) is 22.1 Å². The molecule has 0 fully saturated rings. The van der Waals surface area contributed by atoms with E-state index in [9.17, 15) is 26.4 Å². The van der Waals surface area contributed by atoms with Crippen LogP contribution in [0.5, 0.6) is 0 Å². The zero-order chi connectivity index (χ0) is 27.9. The Kier molecular flexibility index (Phi) is 8.58. The van der Waals surface area contributed by atoms with Gasteiger partial charge in [-0.2, -0.15) is 0 Å². The molecule has 0 aliphatic carbocycles. The molecule has 0 aliphatic rings. The summed E-state index contributed by atoms with van der Waals surface area (Å²) in [5, 5.41) is 5.22. The number of hydrogen-bond donors (Lipinski definition) is 2. The number of carbonyl (C=O) groups is 2. The number of nitrogens with one attached hydrogen (secondary N) is 2. The van der Waals surface area contributed by atoms with Crippen molar-refractivity contribution in [3.05, 3.63) is 120 Å². The third-order valence-corrected chi connectivity index (χ3v) is 9.00. The number of sulfone groups is 2. The van der Waals surface area contributed by atoms with E-state index in [1.807, 2.05) is 24.3 Å². The summed E-state index contributed by atoms with van der Waals surface area (Å²) in [5.74, 6) is -2.55. The molecule has 8 nitrogen and oxygen atoms in total. The average Bonchev–Trinajstić information content (AvgIpc) is 2.91. The molecule has 0 heterocycles. The van der Waals surface area contributed by atoms with Crippen molar-refractivity contribution in [3.63, 3.8) is 0 Å². The van der Waals surface area contributed by atoms with Crippen molar-refractivity contribution < 1.29 is 26.4 Å². The molecule has 2 N–H and O–H groups in total. The van der Waals surface area contributed by atoms with E-state index in [0.717, 1.165) is 11.1 Å². The van der Waals surface area contributed by atoms with Crippen LogP contribution < -0.4 is 10.6 Å². The molecule has 4 aromatic carbocycles. The van der Waals surface area contributed by atoms with E-state index in [4.69, 9.17) is 0 Å². The number of hydrogen-bond acceptors (Lipinski definition) is 6. The van der Waals surface area contributed by atoms with Crippen molar-refractivity contribution in [1.29, 1.82) is 0 Å². The molecule has 4 rings (SSSR count). The molecule has 4 aromatic rings. The summed E-state index contributed by atoms with van der Waals surface area (Å²) in [6, 6.07) is 29.7. The molecule has 2 amide bonds. The van der Waals surface area contributed by atoms with Crippen LogP contribution in [0, 0.1) is 0 Å². The standard InChI is InChI=1S/C29H26N2O6S2/c32-28(20-38(34,35)26-7-3-1-4-8-26)30-24-15-11-22(12-16-24)19-23-13-17-25(18-14-23)31-29(33)21-39(36,37)27-9-5-2-6-10-27/h1-18H,19-21H2,(H,30,32)(H,31,33). The SMILES string of the molecule is O=C(CS(=O)(=O)c1ccccc1)Nc1ccc(Cc2ccc(NC(=O)CS(=O)(=O)c3ccccc3)cc2)cc1. The lowest BCUT2D eigenvalue weighted by Crippen LogP contribution is -2.23. The Hall–Kier alpha value is -4.28. The predicted molar refractivity (Wildman–Crippen MR) is 150 cm³/mol. The Balaban J connectivity index is 1.29. The molecule has 10 heteroatoms. The van der Waals surface area contributed by atoms with E-state index in [2.05, 4.69) is 10.6 Å². The lowest BCUT2D eigenvalue weighted by Gasteiger charge is -2.09. The first kappa shape index (κ1) is 27.7. The number of amides is 2. The zero-order valence-corrected chi connectivity index (χ0v) is 22.4. The van der Waals surface area contributed by atoms with Crippen molar-refractivity contribution in [1.82, 2.24) is 0 Å². The highest BCUT2D eigenvalue weighted by atomic mass is 32.2. The molecule has 0 spiro atoms. The van der Waals surface area contributed by atoms with Crippen LogP contribution in [0.3, 0.4) is 0 Å². The quantitative estimate of drug-likeness (QED) is 0.300. The summed E-state index contributed by atoms with van der Waals surface area (Å²) < 4.78 is 49.5. The topological polar surface area (TPSA) is 126 Å². The largest absolute Gasteiger partial charge is 0.325 e. The van der Waals surface area contributed by atoms with Gasteiger partial charge in [0.05, 0.1) is 9.79 Å². The van der Waals surface area contributed by atoms with Crippen LogP contribution in [-0.4, -0.2) is 40.2 Å². The summed E-state index contributed by atoms with van der Waals surface area (Å²) in [4.78, 5) is 24.8. The van der Waals surface area contributed by atoms with Gasteiger partial charge in [0.15, 0.2) is 19.7 Å². The fourth-order valence-electron chi connectivity index (χ4n) is 3.81. The molecule has 0 atom stereocenters. The molecule has 39 heavy (non-hydrogen) atoms. The van der Waals surface area contributed by atoms with Gasteiger partial charge in [-0.05, 0) is 66.1 Å². The Bertz CT molecular complexity index is 1530. The maximum absolute atomic E-state index is 12.4. The fraction of sp³-hybridized carbons (Fsp3) is 0.103. The third-order valence-electron chi connectivity index (χ3n) is 5.73. The highest BCUT2D eigenvalue weighted by molar-refractivity contribution is 7.92. The second-order valence-corrected chi connectivity index (χ2v) is 12.8. The lowest BCUT2D eigenvalue weighted by atomic mass is 10.0. The molecular weight excluding hydrogens is 536 g/mol. The van der Waals surface area contributed by atoms with Gasteiger partial charge in [-0.1, -0.05) is 60.7 Å². The van der Waals surface area contributed by atoms with Crippen LogP contribution in [0.2, 0.25) is 0 Å². The van der Waals surface area contributed by atoms with Gasteiger partial charge in [0.1, 0.15) is 11.5 Å². The van der Waals surface area contributed by atoms with Crippen LogP contribution in [0.1, 0.15) is 11.1 Å². The predicted octanol–water partition coefficient (Wildman–Crippen LogP) is 4.10. The Labute approximate surface area is 227 Å². The highest BCUT2D eigenvalue weighted by Gasteiger charge is 2.20. The molecule has 0 saturated carbocycles. The molecule has 0 aromatic heterocycles. The van der Waals surface area contributed by atoms with E-state index in [1.165, 1.54) is 24.3 Å². The van der Waals surface area contributed by atoms with Gasteiger partial charge in [0.2, 0.25) is 11.8 Å². The summed E-state index contributed by atoms with van der Waals surface area (Å²) in [6.45, 7) is 0. The normalized spacial score (nSPS) is 11.5. The number of anilines is 2. The second kappa shape index (κ2) is 12.1. The van der Waals surface area contributed by atoms with Gasteiger partial charge in [-0.25, -0.2) is 16.8 Å². The first-order valence-corrected chi connectivity index (χ1v) is 15.2. The Morgan fingerprint density at radius 3 is 1.15 bits per heavy atom. The minimum atomic E-state index is -3.73. The summed E-state index contributed by atoms with van der Waals surface area (Å²) in [5.41, 5.74) is 2.87.